The zero-order valence-electron chi connectivity index (χ0n) is 11.7. The molecule has 0 unspecified atom stereocenters. The third-order valence-corrected chi connectivity index (χ3v) is 3.65. The maximum Gasteiger partial charge on any atom is 0.363 e. The van der Waals surface area contributed by atoms with Crippen molar-refractivity contribution in [3.63, 3.8) is 0 Å². The molecule has 1 heterocycles. The minimum absolute atomic E-state index is 0.109. The number of benzene rings is 1. The minimum atomic E-state index is -0.837. The Morgan fingerprint density at radius 2 is 1.50 bits per heavy atom. The fraction of sp³-hybridized carbons (Fsp3) is 0. The van der Waals surface area contributed by atoms with Gasteiger partial charge in [-0.1, -0.05) is 34.8 Å². The number of carbonyl (C=O) groups excluding carboxylic acids is 2. The van der Waals surface area contributed by atoms with E-state index in [1.54, 1.807) is 0 Å². The molecule has 0 saturated carbocycles. The highest BCUT2D eigenvalue weighted by Crippen LogP contribution is 2.21. The van der Waals surface area contributed by atoms with Crippen LogP contribution in [-0.4, -0.2) is 26.8 Å². The second kappa shape index (κ2) is 7.48. The molecule has 24 heavy (non-hydrogen) atoms. The Labute approximate surface area is 150 Å². The summed E-state index contributed by atoms with van der Waals surface area (Å²) >= 11 is 16.4. The summed E-state index contributed by atoms with van der Waals surface area (Å²) in [5, 5.41) is 20.9. The number of anilines is 1. The summed E-state index contributed by atoms with van der Waals surface area (Å²) in [5.74, 6) is -2.43. The molecule has 0 radical (unpaired) electrons. The van der Waals surface area contributed by atoms with Crippen molar-refractivity contribution in [2.75, 3.05) is 5.32 Å². The standard InChI is InChI=1S/C14H9Cl3N2O5/c15-11(12(16)17)13(22)18-8-3-1-7(2-4-8)14(23)24-19-9(20)5-6-10(19)21/h1-6,20-21H,(H,18,22). The fourth-order valence-corrected chi connectivity index (χ4v) is 1.81. The van der Waals surface area contributed by atoms with E-state index < -0.39 is 23.6 Å². The highest BCUT2D eigenvalue weighted by molar-refractivity contribution is 6.63. The van der Waals surface area contributed by atoms with Crippen LogP contribution in [0.2, 0.25) is 0 Å². The van der Waals surface area contributed by atoms with Gasteiger partial charge < -0.3 is 20.4 Å². The average molecular weight is 392 g/mol. The van der Waals surface area contributed by atoms with Crippen LogP contribution in [0.4, 0.5) is 5.69 Å². The Morgan fingerprint density at radius 1 is 0.958 bits per heavy atom. The third-order valence-electron chi connectivity index (χ3n) is 2.72. The first-order valence-corrected chi connectivity index (χ1v) is 7.37. The SMILES string of the molecule is O=C(Nc1ccc(C(=O)On2c(O)ccc2O)cc1)C(Cl)=C(Cl)Cl. The van der Waals surface area contributed by atoms with E-state index in [1.165, 1.54) is 24.3 Å². The summed E-state index contributed by atoms with van der Waals surface area (Å²) in [6, 6.07) is 7.85. The van der Waals surface area contributed by atoms with Crippen LogP contribution in [0.5, 0.6) is 11.8 Å². The van der Waals surface area contributed by atoms with Gasteiger partial charge in [-0.25, -0.2) is 4.79 Å². The second-order valence-corrected chi connectivity index (χ2v) is 5.66. The van der Waals surface area contributed by atoms with Crippen LogP contribution >= 0.6 is 34.8 Å². The van der Waals surface area contributed by atoms with Gasteiger partial charge in [0.05, 0.1) is 5.56 Å². The molecule has 0 bridgehead atoms. The summed E-state index contributed by atoms with van der Waals surface area (Å²) in [5.41, 5.74) is 0.438. The molecule has 1 amide bonds. The van der Waals surface area contributed by atoms with E-state index in [9.17, 15) is 19.8 Å². The molecular formula is C14H9Cl3N2O5. The highest BCUT2D eigenvalue weighted by Gasteiger charge is 2.15. The molecule has 0 aliphatic rings. The van der Waals surface area contributed by atoms with Crippen LogP contribution in [0.15, 0.2) is 45.9 Å². The minimum Gasteiger partial charge on any atom is -0.492 e. The van der Waals surface area contributed by atoms with E-state index in [0.29, 0.717) is 10.4 Å². The summed E-state index contributed by atoms with van der Waals surface area (Å²) in [6.45, 7) is 0. The Bertz CT molecular complexity index is 791. The predicted molar refractivity (Wildman–Crippen MR) is 88.3 cm³/mol. The lowest BCUT2D eigenvalue weighted by atomic mass is 10.2. The Morgan fingerprint density at radius 3 is 2.00 bits per heavy atom. The predicted octanol–water partition coefficient (Wildman–Crippen LogP) is 2.99. The average Bonchev–Trinajstić information content (AvgIpc) is 2.86. The van der Waals surface area contributed by atoms with Crippen LogP contribution in [0.25, 0.3) is 0 Å². The van der Waals surface area contributed by atoms with Crippen molar-refractivity contribution < 1.29 is 24.6 Å². The lowest BCUT2D eigenvalue weighted by Crippen LogP contribution is -2.19. The summed E-state index contributed by atoms with van der Waals surface area (Å²) in [7, 11) is 0. The van der Waals surface area contributed by atoms with Crippen molar-refractivity contribution in [2.24, 2.45) is 0 Å². The molecule has 0 aliphatic carbocycles. The van der Waals surface area contributed by atoms with Crippen LogP contribution in [0, 0.1) is 0 Å². The maximum atomic E-state index is 11.9. The summed E-state index contributed by atoms with van der Waals surface area (Å²) < 4.78 is 0.186. The number of amides is 1. The number of halogens is 3. The highest BCUT2D eigenvalue weighted by atomic mass is 35.5. The van der Waals surface area contributed by atoms with Gasteiger partial charge in [-0.15, -0.1) is 4.73 Å². The molecule has 7 nitrogen and oxygen atoms in total. The number of carbonyl (C=O) groups is 2. The third kappa shape index (κ3) is 4.14. The molecule has 10 heteroatoms. The molecule has 0 fully saturated rings. The first-order chi connectivity index (χ1) is 11.3. The van der Waals surface area contributed by atoms with E-state index >= 15 is 0 Å². The maximum absolute atomic E-state index is 11.9. The van der Waals surface area contributed by atoms with Crippen molar-refractivity contribution in [2.45, 2.75) is 0 Å². The van der Waals surface area contributed by atoms with Gasteiger partial charge in [-0.3, -0.25) is 4.79 Å². The van der Waals surface area contributed by atoms with Crippen molar-refractivity contribution in [1.29, 1.82) is 0 Å². The van der Waals surface area contributed by atoms with Crippen LogP contribution < -0.4 is 10.2 Å². The molecule has 126 valence electrons. The molecular weight excluding hydrogens is 383 g/mol. The lowest BCUT2D eigenvalue weighted by molar-refractivity contribution is -0.112. The molecule has 0 atom stereocenters. The second-order valence-electron chi connectivity index (χ2n) is 4.33. The van der Waals surface area contributed by atoms with Crippen molar-refractivity contribution >= 4 is 52.4 Å². The number of hydrogen-bond acceptors (Lipinski definition) is 5. The van der Waals surface area contributed by atoms with Crippen molar-refractivity contribution in [1.82, 2.24) is 4.73 Å². The van der Waals surface area contributed by atoms with E-state index in [4.69, 9.17) is 39.6 Å². The number of nitrogens with zero attached hydrogens (tertiary/aromatic N) is 1. The van der Waals surface area contributed by atoms with Crippen molar-refractivity contribution in [3.05, 3.63) is 51.5 Å². The van der Waals surface area contributed by atoms with Gasteiger partial charge in [0.2, 0.25) is 11.8 Å². The number of aromatic nitrogens is 1. The van der Waals surface area contributed by atoms with Gasteiger partial charge in [0, 0.05) is 17.8 Å². The van der Waals surface area contributed by atoms with E-state index in [0.717, 1.165) is 12.1 Å². The zero-order valence-corrected chi connectivity index (χ0v) is 13.9. The monoisotopic (exact) mass is 390 g/mol. The topological polar surface area (TPSA) is 101 Å². The van der Waals surface area contributed by atoms with E-state index in [2.05, 4.69) is 5.32 Å². The molecule has 2 rings (SSSR count). The molecule has 1 aromatic carbocycles. The van der Waals surface area contributed by atoms with Gasteiger partial charge in [0.1, 0.15) is 9.52 Å². The van der Waals surface area contributed by atoms with Gasteiger partial charge in [0.15, 0.2) is 0 Å². The van der Waals surface area contributed by atoms with Gasteiger partial charge in [0.25, 0.3) is 5.91 Å². The van der Waals surface area contributed by atoms with Crippen LogP contribution in [0.3, 0.4) is 0 Å². The van der Waals surface area contributed by atoms with E-state index in [1.807, 2.05) is 0 Å². The summed E-state index contributed by atoms with van der Waals surface area (Å²) in [4.78, 5) is 28.4. The smallest absolute Gasteiger partial charge is 0.363 e. The number of aromatic hydroxyl groups is 2. The Kier molecular flexibility index (Phi) is 5.61. The molecule has 2 aromatic rings. The fourth-order valence-electron chi connectivity index (χ4n) is 1.59. The largest absolute Gasteiger partial charge is 0.492 e. The number of hydrogen-bond donors (Lipinski definition) is 3. The van der Waals surface area contributed by atoms with Crippen molar-refractivity contribution in [3.8, 4) is 11.8 Å². The molecule has 0 saturated heterocycles. The molecule has 3 N–H and O–H groups in total. The van der Waals surface area contributed by atoms with Crippen LogP contribution in [0.1, 0.15) is 10.4 Å². The van der Waals surface area contributed by atoms with E-state index in [-0.39, 0.29) is 15.1 Å². The molecule has 0 spiro atoms. The molecule has 1 aromatic heterocycles. The first-order valence-electron chi connectivity index (χ1n) is 6.24. The van der Waals surface area contributed by atoms with Gasteiger partial charge >= 0.3 is 5.97 Å². The zero-order chi connectivity index (χ0) is 17.9. The number of rotatable bonds is 4. The Balaban J connectivity index is 2.08. The Hall–Kier alpha value is -2.35. The number of nitrogens with one attached hydrogen (secondary N) is 1. The normalized spacial score (nSPS) is 10.1. The summed E-state index contributed by atoms with van der Waals surface area (Å²) in [6.07, 6.45) is 0. The van der Waals surface area contributed by atoms with Crippen LogP contribution in [-0.2, 0) is 4.79 Å². The lowest BCUT2D eigenvalue weighted by Gasteiger charge is -2.08. The van der Waals surface area contributed by atoms with Gasteiger partial charge in [-0.2, -0.15) is 0 Å². The van der Waals surface area contributed by atoms with Gasteiger partial charge in [-0.05, 0) is 24.3 Å². The quantitative estimate of drug-likeness (QED) is 0.696. The molecule has 0 aliphatic heterocycles. The first kappa shape index (κ1) is 18.0.